The number of rotatable bonds is 2. The zero-order chi connectivity index (χ0) is 13.4. The second kappa shape index (κ2) is 4.28. The molecule has 0 amide bonds. The van der Waals surface area contributed by atoms with Crippen molar-refractivity contribution in [2.24, 2.45) is 7.05 Å². The van der Waals surface area contributed by atoms with Crippen LogP contribution in [-0.4, -0.2) is 21.6 Å². The van der Waals surface area contributed by atoms with Gasteiger partial charge in [0.2, 0.25) is 0 Å². The number of fused-ring (bicyclic) bond motifs is 1. The number of hydrogen-bond donors (Lipinski definition) is 1. The SMILES string of the molecule is COc1ccc(-c2cn(C)c3ncnc(N)c23)cc1. The quantitative estimate of drug-likeness (QED) is 0.761. The van der Waals surface area contributed by atoms with Crippen LogP contribution >= 0.6 is 0 Å². The van der Waals surface area contributed by atoms with Gasteiger partial charge in [0, 0.05) is 18.8 Å². The molecule has 5 heteroatoms. The lowest BCUT2D eigenvalue weighted by atomic mass is 10.1. The zero-order valence-corrected chi connectivity index (χ0v) is 10.8. The number of nitrogen functional groups attached to an aromatic ring is 1. The molecule has 19 heavy (non-hydrogen) atoms. The van der Waals surface area contributed by atoms with Crippen molar-refractivity contribution in [3.63, 3.8) is 0 Å². The summed E-state index contributed by atoms with van der Waals surface area (Å²) >= 11 is 0. The van der Waals surface area contributed by atoms with Crippen LogP contribution in [0.25, 0.3) is 22.2 Å². The van der Waals surface area contributed by atoms with Gasteiger partial charge >= 0.3 is 0 Å². The Morgan fingerprint density at radius 1 is 1.16 bits per heavy atom. The van der Waals surface area contributed by atoms with Gasteiger partial charge in [-0.3, -0.25) is 0 Å². The second-order valence-corrected chi connectivity index (χ2v) is 4.34. The highest BCUT2D eigenvalue weighted by atomic mass is 16.5. The van der Waals surface area contributed by atoms with Crippen LogP contribution in [0, 0.1) is 0 Å². The summed E-state index contributed by atoms with van der Waals surface area (Å²) in [6.45, 7) is 0. The minimum Gasteiger partial charge on any atom is -0.497 e. The van der Waals surface area contributed by atoms with Crippen molar-refractivity contribution in [3.8, 4) is 16.9 Å². The summed E-state index contributed by atoms with van der Waals surface area (Å²) < 4.78 is 7.12. The van der Waals surface area contributed by atoms with Gasteiger partial charge < -0.3 is 15.0 Å². The van der Waals surface area contributed by atoms with E-state index in [9.17, 15) is 0 Å². The highest BCUT2D eigenvalue weighted by molar-refractivity contribution is 6.00. The first-order chi connectivity index (χ1) is 9.20. The maximum absolute atomic E-state index is 5.97. The van der Waals surface area contributed by atoms with Gasteiger partial charge in [-0.2, -0.15) is 0 Å². The van der Waals surface area contributed by atoms with Crippen LogP contribution in [-0.2, 0) is 7.05 Å². The van der Waals surface area contributed by atoms with Crippen LogP contribution in [0.5, 0.6) is 5.75 Å². The number of aryl methyl sites for hydroxylation is 1. The van der Waals surface area contributed by atoms with Crippen molar-refractivity contribution >= 4 is 16.9 Å². The molecule has 0 radical (unpaired) electrons. The lowest BCUT2D eigenvalue weighted by Gasteiger charge is -2.03. The molecule has 0 aliphatic rings. The Kier molecular flexibility index (Phi) is 2.59. The van der Waals surface area contributed by atoms with Crippen LogP contribution in [0.4, 0.5) is 5.82 Å². The van der Waals surface area contributed by atoms with Crippen LogP contribution in [0.1, 0.15) is 0 Å². The maximum atomic E-state index is 5.97. The number of aromatic nitrogens is 3. The number of methoxy groups -OCH3 is 1. The van der Waals surface area contributed by atoms with Crippen molar-refractivity contribution in [1.82, 2.24) is 14.5 Å². The predicted octanol–water partition coefficient (Wildman–Crippen LogP) is 2.23. The summed E-state index contributed by atoms with van der Waals surface area (Å²) in [6.07, 6.45) is 3.49. The molecule has 96 valence electrons. The summed E-state index contributed by atoms with van der Waals surface area (Å²) in [7, 11) is 3.60. The van der Waals surface area contributed by atoms with E-state index < -0.39 is 0 Å². The third-order valence-electron chi connectivity index (χ3n) is 3.18. The molecule has 0 bridgehead atoms. The molecule has 0 aliphatic carbocycles. The number of nitrogens with two attached hydrogens (primary N) is 1. The number of nitrogens with zero attached hydrogens (tertiary/aromatic N) is 3. The predicted molar refractivity (Wildman–Crippen MR) is 74.9 cm³/mol. The molecule has 5 nitrogen and oxygen atoms in total. The van der Waals surface area contributed by atoms with E-state index in [1.807, 2.05) is 42.1 Å². The molecule has 1 aromatic carbocycles. The molecule has 0 spiro atoms. The molecule has 0 saturated carbocycles. The fourth-order valence-electron chi connectivity index (χ4n) is 2.22. The molecule has 2 N–H and O–H groups in total. The topological polar surface area (TPSA) is 66.0 Å². The number of ether oxygens (including phenoxy) is 1. The van der Waals surface area contributed by atoms with E-state index in [4.69, 9.17) is 10.5 Å². The normalized spacial score (nSPS) is 10.8. The zero-order valence-electron chi connectivity index (χ0n) is 10.8. The first-order valence-electron chi connectivity index (χ1n) is 5.90. The standard InChI is InChI=1S/C14H14N4O/c1-18-7-11(9-3-5-10(19-2)6-4-9)12-13(15)16-8-17-14(12)18/h3-8H,1-2H3,(H2,15,16,17). The first-order valence-corrected chi connectivity index (χ1v) is 5.90. The third kappa shape index (κ3) is 1.79. The van der Waals surface area contributed by atoms with Gasteiger partial charge in [0.25, 0.3) is 0 Å². The monoisotopic (exact) mass is 254 g/mol. The molecule has 2 aromatic heterocycles. The first kappa shape index (κ1) is 11.5. The smallest absolute Gasteiger partial charge is 0.145 e. The Labute approximate surface area is 110 Å². The fraction of sp³-hybridized carbons (Fsp3) is 0.143. The van der Waals surface area contributed by atoms with Gasteiger partial charge in [-0.05, 0) is 17.7 Å². The van der Waals surface area contributed by atoms with E-state index in [1.54, 1.807) is 7.11 Å². The summed E-state index contributed by atoms with van der Waals surface area (Å²) in [5.41, 5.74) is 8.90. The van der Waals surface area contributed by atoms with Crippen molar-refractivity contribution in [2.75, 3.05) is 12.8 Å². The van der Waals surface area contributed by atoms with E-state index in [1.165, 1.54) is 6.33 Å². The fourth-order valence-corrected chi connectivity index (χ4v) is 2.22. The van der Waals surface area contributed by atoms with Crippen LogP contribution in [0.2, 0.25) is 0 Å². The molecule has 0 unspecified atom stereocenters. The molecule has 3 rings (SSSR count). The Morgan fingerprint density at radius 3 is 2.58 bits per heavy atom. The molecular formula is C14H14N4O. The van der Waals surface area contributed by atoms with Crippen molar-refractivity contribution in [1.29, 1.82) is 0 Å². The number of anilines is 1. The Balaban J connectivity index is 2.24. The third-order valence-corrected chi connectivity index (χ3v) is 3.18. The largest absolute Gasteiger partial charge is 0.497 e. The average molecular weight is 254 g/mol. The molecule has 0 fully saturated rings. The Morgan fingerprint density at radius 2 is 1.89 bits per heavy atom. The Hall–Kier alpha value is -2.56. The molecular weight excluding hydrogens is 240 g/mol. The van der Waals surface area contributed by atoms with Gasteiger partial charge in [-0.15, -0.1) is 0 Å². The van der Waals surface area contributed by atoms with E-state index in [2.05, 4.69) is 9.97 Å². The average Bonchev–Trinajstić information content (AvgIpc) is 2.78. The molecule has 0 saturated heterocycles. The minimum atomic E-state index is 0.497. The van der Waals surface area contributed by atoms with Gasteiger partial charge in [-0.25, -0.2) is 9.97 Å². The summed E-state index contributed by atoms with van der Waals surface area (Å²) in [5, 5.41) is 0.884. The molecule has 0 aliphatic heterocycles. The van der Waals surface area contributed by atoms with E-state index in [-0.39, 0.29) is 0 Å². The van der Waals surface area contributed by atoms with E-state index in [0.717, 1.165) is 27.9 Å². The van der Waals surface area contributed by atoms with Gasteiger partial charge in [0.15, 0.2) is 0 Å². The summed E-state index contributed by atoms with van der Waals surface area (Å²) in [5.74, 6) is 1.32. The highest BCUT2D eigenvalue weighted by Crippen LogP contribution is 2.32. The van der Waals surface area contributed by atoms with Crippen molar-refractivity contribution in [2.45, 2.75) is 0 Å². The lowest BCUT2D eigenvalue weighted by Crippen LogP contribution is -1.94. The highest BCUT2D eigenvalue weighted by Gasteiger charge is 2.13. The van der Waals surface area contributed by atoms with Gasteiger partial charge in [0.05, 0.1) is 12.5 Å². The van der Waals surface area contributed by atoms with Crippen molar-refractivity contribution in [3.05, 3.63) is 36.8 Å². The van der Waals surface area contributed by atoms with Crippen molar-refractivity contribution < 1.29 is 4.74 Å². The maximum Gasteiger partial charge on any atom is 0.145 e. The summed E-state index contributed by atoms with van der Waals surface area (Å²) in [6, 6.07) is 7.85. The summed E-state index contributed by atoms with van der Waals surface area (Å²) in [4.78, 5) is 8.34. The van der Waals surface area contributed by atoms with Crippen LogP contribution in [0.3, 0.4) is 0 Å². The number of hydrogen-bond acceptors (Lipinski definition) is 4. The van der Waals surface area contributed by atoms with Crippen LogP contribution in [0.15, 0.2) is 36.8 Å². The molecule has 0 atom stereocenters. The van der Waals surface area contributed by atoms with E-state index >= 15 is 0 Å². The lowest BCUT2D eigenvalue weighted by molar-refractivity contribution is 0.415. The van der Waals surface area contributed by atoms with Gasteiger partial charge in [-0.1, -0.05) is 12.1 Å². The van der Waals surface area contributed by atoms with Gasteiger partial charge in [0.1, 0.15) is 23.5 Å². The molecule has 2 heterocycles. The second-order valence-electron chi connectivity index (χ2n) is 4.34. The van der Waals surface area contributed by atoms with E-state index in [0.29, 0.717) is 5.82 Å². The Bertz CT molecular complexity index is 731. The minimum absolute atomic E-state index is 0.497. The number of benzene rings is 1. The van der Waals surface area contributed by atoms with Crippen LogP contribution < -0.4 is 10.5 Å². The molecule has 3 aromatic rings.